The summed E-state index contributed by atoms with van der Waals surface area (Å²) in [6.45, 7) is 7.83. The van der Waals surface area contributed by atoms with Crippen molar-refractivity contribution in [2.45, 2.75) is 165 Å². The molecule has 0 spiro atoms. The molecular formula is C104H98Cl6FN9O14. The van der Waals surface area contributed by atoms with Gasteiger partial charge < -0.3 is 59.2 Å². The summed E-state index contributed by atoms with van der Waals surface area (Å²) in [5.41, 5.74) is 7.67. The predicted octanol–water partition coefficient (Wildman–Crippen LogP) is 22.5. The molecule has 12 aromatic rings. The van der Waals surface area contributed by atoms with Gasteiger partial charge >= 0.3 is 5.63 Å². The lowest BCUT2D eigenvalue weighted by molar-refractivity contribution is -0.162. The van der Waals surface area contributed by atoms with Crippen molar-refractivity contribution in [3.8, 4) is 62.5 Å². The maximum atomic E-state index is 13.6. The monoisotopic (exact) mass is 1930 g/mol. The zero-order valence-electron chi connectivity index (χ0n) is 74.3. The Morgan fingerprint density at radius 1 is 0.463 bits per heavy atom. The molecule has 4 aromatic heterocycles. The number of nitrogens with one attached hydrogen (secondary N) is 5. The second kappa shape index (κ2) is 38.5. The Balaban J connectivity index is 0.000000125. The Morgan fingerprint density at radius 3 is 1.49 bits per heavy atom. The molecule has 692 valence electrons. The first-order chi connectivity index (χ1) is 64.1. The zero-order chi connectivity index (χ0) is 94.1. The van der Waals surface area contributed by atoms with Gasteiger partial charge in [0.1, 0.15) is 77.3 Å². The Bertz CT molecular complexity index is 6340. The van der Waals surface area contributed by atoms with Gasteiger partial charge in [-0.05, 0) is 289 Å². The lowest BCUT2D eigenvalue weighted by Gasteiger charge is -2.71. The second-order valence-corrected chi connectivity index (χ2v) is 40.3. The number of methoxy groups -OCH3 is 1. The summed E-state index contributed by atoms with van der Waals surface area (Å²) in [5.74, 6) is 3.79. The van der Waals surface area contributed by atoms with E-state index in [1.165, 1.54) is 18.2 Å². The van der Waals surface area contributed by atoms with E-state index in [9.17, 15) is 38.0 Å². The minimum absolute atomic E-state index is 0.00493. The van der Waals surface area contributed by atoms with Crippen molar-refractivity contribution in [1.29, 1.82) is 0 Å². The fourth-order valence-electron chi connectivity index (χ4n) is 21.3. The highest BCUT2D eigenvalue weighted by Gasteiger charge is 2.70. The first kappa shape index (κ1) is 93.9. The molecule has 8 bridgehead atoms. The molecule has 23 nitrogen and oxygen atoms in total. The van der Waals surface area contributed by atoms with Crippen LogP contribution in [0.1, 0.15) is 154 Å². The largest absolute Gasteiger partial charge is 0.496 e. The summed E-state index contributed by atoms with van der Waals surface area (Å²) in [5, 5.41) is 24.9. The Morgan fingerprint density at radius 2 is 0.955 bits per heavy atom. The van der Waals surface area contributed by atoms with Crippen LogP contribution >= 0.6 is 69.6 Å². The van der Waals surface area contributed by atoms with Crippen LogP contribution in [0.15, 0.2) is 226 Å². The normalized spacial score (nSPS) is 23.4. The second-order valence-electron chi connectivity index (χ2n) is 37.8. The fourth-order valence-corrected chi connectivity index (χ4v) is 22.0. The van der Waals surface area contributed by atoms with E-state index in [2.05, 4.69) is 43.6 Å². The van der Waals surface area contributed by atoms with E-state index in [1.807, 2.05) is 130 Å². The van der Waals surface area contributed by atoms with Gasteiger partial charge in [0.2, 0.25) is 5.76 Å². The van der Waals surface area contributed by atoms with Gasteiger partial charge in [0, 0.05) is 118 Å². The lowest BCUT2D eigenvalue weighted by atomic mass is 9.38. The predicted molar refractivity (Wildman–Crippen MR) is 514 cm³/mol. The third kappa shape index (κ3) is 21.3. The molecule has 12 saturated carbocycles. The molecule has 5 N–H and O–H groups in total. The summed E-state index contributed by atoms with van der Waals surface area (Å²) in [6, 6.07) is 58.6. The van der Waals surface area contributed by atoms with Crippen molar-refractivity contribution in [2.24, 2.45) is 22.2 Å². The van der Waals surface area contributed by atoms with Crippen LogP contribution in [0.25, 0.3) is 44.7 Å². The van der Waals surface area contributed by atoms with Crippen LogP contribution in [0, 0.1) is 48.8 Å². The average molecular weight is 1930 g/mol. The van der Waals surface area contributed by atoms with E-state index in [1.54, 1.807) is 86.2 Å². The molecular weight excluding hydrogens is 1830 g/mol. The van der Waals surface area contributed by atoms with Gasteiger partial charge in [-0.25, -0.2) is 19.2 Å². The molecule has 1 atom stereocenters. The van der Waals surface area contributed by atoms with Gasteiger partial charge in [-0.2, -0.15) is 0 Å². The standard InChI is InChI=1S/C28H29ClFN3O5.C26H24Cl2N2O2.C25H23Cl2N3O2.C25H22ClNO5/c1-17-15-27(32-26(35)24-14-22(33-38-24)19-5-3-4-6-23(19)36-2)9-11-28(17,12-10-27)31-25(34)16-37-18-7-8-20(29)21(30)13-18;1-17-11-21(9-10-22(17)28)32-13-20(31)12-25-14-26(15-25,16-25)30-24-4-2-3-23(29-24)18-5-7-19(27)8-6-18;1-16-8-20(6-7-21(16)27)32-12-19(31)9-24-13-25(14-24,15-24)30-23-11-28-10-22(29-23)17-2-4-18(26)5-3-17;1-15-8-19(4-5-20(15)26)31-11-18(28)10-24-12-25(13-24,14-24)27-23(30)17-2-6-21-16(9-17)3-7-22(29)32-21/h3-8,13-14,17H,9-12,15-16H2,1-2H3,(H,31,34)(H,32,35);2-11H,12-16H2,1H3,(H,29,30);2-8,10-11H,9,12-15H2,1H3,(H,29,30);2-9H,10-14H2,1H3,(H,27,30). The lowest BCUT2D eigenvalue weighted by Crippen LogP contribution is -2.75. The minimum Gasteiger partial charge on any atom is -0.496 e. The van der Waals surface area contributed by atoms with E-state index in [0.29, 0.717) is 89.6 Å². The number of aromatic nitrogens is 4. The maximum Gasteiger partial charge on any atom is 0.336 e. The summed E-state index contributed by atoms with van der Waals surface area (Å²) in [4.78, 5) is 101. The molecule has 12 aliphatic rings. The third-order valence-electron chi connectivity index (χ3n) is 27.3. The van der Waals surface area contributed by atoms with Gasteiger partial charge in [-0.3, -0.25) is 33.8 Å². The Kier molecular flexibility index (Phi) is 27.0. The van der Waals surface area contributed by atoms with Crippen molar-refractivity contribution >= 4 is 127 Å². The van der Waals surface area contributed by atoms with E-state index < -0.39 is 11.4 Å². The van der Waals surface area contributed by atoms with E-state index >= 15 is 0 Å². The van der Waals surface area contributed by atoms with Gasteiger partial charge in [0.15, 0.2) is 24.0 Å². The number of ether oxygens (including phenoxy) is 5. The number of halogens is 7. The van der Waals surface area contributed by atoms with Crippen molar-refractivity contribution in [3.05, 3.63) is 287 Å². The number of fused-ring (bicyclic) bond motifs is 4. The van der Waals surface area contributed by atoms with Crippen molar-refractivity contribution in [3.63, 3.8) is 0 Å². The van der Waals surface area contributed by atoms with Gasteiger partial charge in [0.25, 0.3) is 17.7 Å². The van der Waals surface area contributed by atoms with Crippen LogP contribution in [0.4, 0.5) is 16.0 Å². The molecule has 134 heavy (non-hydrogen) atoms. The summed E-state index contributed by atoms with van der Waals surface area (Å²) < 4.78 is 51.9. The van der Waals surface area contributed by atoms with Crippen LogP contribution in [-0.4, -0.2) is 116 Å². The summed E-state index contributed by atoms with van der Waals surface area (Å²) >= 11 is 35.8. The topological polar surface area (TPSA) is 304 Å². The van der Waals surface area contributed by atoms with Crippen LogP contribution in [0.3, 0.4) is 0 Å². The molecule has 0 aliphatic heterocycles. The number of aryl methyl sites for hydroxylation is 3. The molecule has 12 aliphatic carbocycles. The number of nitrogens with zero attached hydrogens (tertiary/aromatic N) is 4. The molecule has 30 heteroatoms. The van der Waals surface area contributed by atoms with Gasteiger partial charge in [-0.1, -0.05) is 124 Å². The van der Waals surface area contributed by atoms with E-state index in [0.717, 1.165) is 152 Å². The number of benzene rings is 8. The highest BCUT2D eigenvalue weighted by Crippen LogP contribution is 2.72. The molecule has 0 saturated heterocycles. The molecule has 0 radical (unpaired) electrons. The molecule has 4 heterocycles. The first-order valence-electron chi connectivity index (χ1n) is 44.4. The number of Topliss-reactive ketones (excluding diaryl/α,β-unsaturated/α-hetero) is 3. The number of anilines is 2. The van der Waals surface area contributed by atoms with Crippen molar-refractivity contribution < 1.29 is 65.8 Å². The Hall–Kier alpha value is -11.9. The van der Waals surface area contributed by atoms with Gasteiger partial charge in [-0.15, -0.1) is 0 Å². The molecule has 24 rings (SSSR count). The minimum atomic E-state index is -0.601. The highest BCUT2D eigenvalue weighted by molar-refractivity contribution is 6.32. The maximum absolute atomic E-state index is 13.6. The molecule has 3 amide bonds. The van der Waals surface area contributed by atoms with Crippen molar-refractivity contribution in [2.75, 3.05) is 44.2 Å². The first-order valence-corrected chi connectivity index (χ1v) is 46.7. The van der Waals surface area contributed by atoms with Gasteiger partial charge in [0.05, 0.1) is 35.9 Å². The number of ketones is 3. The number of carbonyl (C=O) groups excluding carboxylic acids is 6. The number of carbonyl (C=O) groups is 6. The quantitative estimate of drug-likeness (QED) is 0.0252. The SMILES string of the molecule is COc1ccccc1-c1cc(C(=O)NC23CCC(NC(=O)COc4ccc(Cl)c(F)c4)(CC2)C(C)C3)on1.Cc1cc(OCC(=O)CC23CC(NC(=O)c4ccc5oc(=O)ccc5c4)(C2)C3)ccc1Cl.Cc1cc(OCC(=O)CC23CC(Nc4cccc(-c5ccc(Cl)cc5)n4)(C2)C3)ccc1Cl.Cc1cc(OCC(=O)CC23CC(Nc4cncc(-c5ccc(Cl)cc5)n4)(C2)C3)ccc1Cl. The molecule has 12 fully saturated rings. The highest BCUT2D eigenvalue weighted by atomic mass is 35.5. The number of para-hydroxylation sites is 1. The number of amides is 3. The summed E-state index contributed by atoms with van der Waals surface area (Å²) in [7, 11) is 1.58. The Labute approximate surface area is 803 Å². The van der Waals surface area contributed by atoms with Crippen molar-refractivity contribution in [1.82, 2.24) is 36.1 Å². The molecule has 8 aromatic carbocycles. The van der Waals surface area contributed by atoms with Crippen LogP contribution in [0.5, 0.6) is 28.7 Å². The van der Waals surface area contributed by atoms with Crippen LogP contribution < -0.4 is 55.9 Å². The number of hydrogen-bond donors (Lipinski definition) is 5. The molecule has 1 unspecified atom stereocenters. The number of rotatable bonds is 31. The fraction of sp³-hybridized carbons (Fsp3) is 0.337. The van der Waals surface area contributed by atoms with E-state index in [4.69, 9.17) is 112 Å². The average Bonchev–Trinajstić information content (AvgIpc) is 0.728. The number of hydrogen-bond acceptors (Lipinski definition) is 20. The number of pyridine rings is 1. The smallest absolute Gasteiger partial charge is 0.336 e. The third-order valence-corrected chi connectivity index (χ3v) is 29.4. The van der Waals surface area contributed by atoms with Crippen LogP contribution in [-0.2, 0) is 19.2 Å². The van der Waals surface area contributed by atoms with E-state index in [-0.39, 0.29) is 128 Å². The summed E-state index contributed by atoms with van der Waals surface area (Å²) in [6.07, 6.45) is 17.0. The van der Waals surface area contributed by atoms with Crippen LogP contribution in [0.2, 0.25) is 30.1 Å². The zero-order valence-corrected chi connectivity index (χ0v) is 78.8.